The van der Waals surface area contributed by atoms with E-state index >= 15 is 0 Å². The van der Waals surface area contributed by atoms with Crippen LogP contribution in [0.2, 0.25) is 0 Å². The second-order valence-electron chi connectivity index (χ2n) is 11.9. The van der Waals surface area contributed by atoms with Crippen molar-refractivity contribution in [2.24, 2.45) is 5.92 Å². The second kappa shape index (κ2) is 14.9. The minimum atomic E-state index is -0.899. The highest BCUT2D eigenvalue weighted by molar-refractivity contribution is 5.76. The average Bonchev–Trinajstić information content (AvgIpc) is 3.45. The van der Waals surface area contributed by atoms with Gasteiger partial charge in [0.1, 0.15) is 0 Å². The summed E-state index contributed by atoms with van der Waals surface area (Å²) in [5, 5.41) is 31.2. The van der Waals surface area contributed by atoms with Gasteiger partial charge in [-0.15, -0.1) is 0 Å². The number of β-amino-alcohol motifs (C(OH)–C–C–N with tert-alkyl or cyclic N) is 1. The van der Waals surface area contributed by atoms with Crippen LogP contribution < -0.4 is 5.32 Å². The first kappa shape index (κ1) is 31.8. The number of aliphatic hydroxyl groups excluding tert-OH is 2. The van der Waals surface area contributed by atoms with E-state index in [-0.39, 0.29) is 49.6 Å². The molecule has 0 spiro atoms. The summed E-state index contributed by atoms with van der Waals surface area (Å²) in [6.07, 6.45) is 0.0991. The van der Waals surface area contributed by atoms with Crippen LogP contribution in [0.3, 0.4) is 0 Å². The molecule has 5 unspecified atom stereocenters. The summed E-state index contributed by atoms with van der Waals surface area (Å²) in [6.45, 7) is 4.71. The maximum atomic E-state index is 12.1. The van der Waals surface area contributed by atoms with E-state index in [0.29, 0.717) is 26.1 Å². The minimum Gasteiger partial charge on any atom is -0.481 e. The van der Waals surface area contributed by atoms with Crippen LogP contribution in [0.1, 0.15) is 67.3 Å². The van der Waals surface area contributed by atoms with E-state index in [9.17, 15) is 19.8 Å². The second-order valence-corrected chi connectivity index (χ2v) is 11.9. The smallest absolute Gasteiger partial charge is 0.303 e. The molecule has 0 radical (unpaired) electrons. The van der Waals surface area contributed by atoms with Crippen molar-refractivity contribution in [1.82, 2.24) is 10.2 Å². The molecule has 2 saturated heterocycles. The molecule has 0 bridgehead atoms. The predicted octanol–water partition coefficient (Wildman–Crippen LogP) is 4.58. The number of hydrogen-bond acceptors (Lipinski definition) is 7. The van der Waals surface area contributed by atoms with Crippen molar-refractivity contribution in [2.75, 3.05) is 19.6 Å². The summed E-state index contributed by atoms with van der Waals surface area (Å²) in [6, 6.07) is 24.0. The van der Waals surface area contributed by atoms with Crippen LogP contribution in [-0.4, -0.2) is 63.9 Å². The van der Waals surface area contributed by atoms with Crippen molar-refractivity contribution < 1.29 is 34.4 Å². The summed E-state index contributed by atoms with van der Waals surface area (Å²) in [5.41, 5.74) is 5.79. The van der Waals surface area contributed by atoms with E-state index in [1.54, 1.807) is 0 Å². The summed E-state index contributed by atoms with van der Waals surface area (Å²) in [4.78, 5) is 25.0. The quantitative estimate of drug-likeness (QED) is 0.237. The van der Waals surface area contributed by atoms with Gasteiger partial charge in [0.05, 0.1) is 24.9 Å². The zero-order chi connectivity index (χ0) is 31.1. The first-order valence-electron chi connectivity index (χ1n) is 15.4. The van der Waals surface area contributed by atoms with Gasteiger partial charge in [-0.25, -0.2) is 0 Å². The van der Waals surface area contributed by atoms with Gasteiger partial charge in [0.15, 0.2) is 6.29 Å². The zero-order valence-electron chi connectivity index (χ0n) is 25.1. The number of carboxylic acid groups (broad SMARTS) is 1. The number of aliphatic carboxylic acids is 1. The molecular weight excluding hydrogens is 560 g/mol. The van der Waals surface area contributed by atoms with Crippen LogP contribution in [0.25, 0.3) is 11.1 Å². The van der Waals surface area contributed by atoms with Gasteiger partial charge < -0.3 is 30.1 Å². The lowest BCUT2D eigenvalue weighted by molar-refractivity contribution is -0.276. The Hall–Kier alpha value is -3.60. The monoisotopic (exact) mass is 602 g/mol. The lowest BCUT2D eigenvalue weighted by atomic mass is 9.90. The van der Waals surface area contributed by atoms with Crippen molar-refractivity contribution >= 4 is 11.9 Å². The van der Waals surface area contributed by atoms with Crippen LogP contribution in [0.15, 0.2) is 72.8 Å². The van der Waals surface area contributed by atoms with Gasteiger partial charge in [-0.3, -0.25) is 14.5 Å². The van der Waals surface area contributed by atoms with Crippen molar-refractivity contribution in [3.05, 3.63) is 95.1 Å². The number of likely N-dealkylation sites (tertiary alicyclic amines) is 1. The highest BCUT2D eigenvalue weighted by Crippen LogP contribution is 2.42. The molecule has 0 aromatic heterocycles. The van der Waals surface area contributed by atoms with E-state index < -0.39 is 12.3 Å². The first-order valence-corrected chi connectivity index (χ1v) is 15.4. The van der Waals surface area contributed by atoms with Gasteiger partial charge in [-0.1, -0.05) is 73.7 Å². The molecule has 9 nitrogen and oxygen atoms in total. The number of hydrogen-bond donors (Lipinski definition) is 4. The lowest BCUT2D eigenvalue weighted by Crippen LogP contribution is -2.44. The van der Waals surface area contributed by atoms with Gasteiger partial charge in [-0.05, 0) is 46.7 Å². The maximum Gasteiger partial charge on any atom is 0.303 e. The predicted molar refractivity (Wildman–Crippen MR) is 165 cm³/mol. The Labute approximate surface area is 258 Å². The minimum absolute atomic E-state index is 0.00844. The summed E-state index contributed by atoms with van der Waals surface area (Å²) < 4.78 is 13.2. The number of amides is 1. The average molecular weight is 603 g/mol. The molecule has 44 heavy (non-hydrogen) atoms. The molecular formula is C35H42N2O7. The van der Waals surface area contributed by atoms with Gasteiger partial charge in [0.2, 0.25) is 5.91 Å². The summed E-state index contributed by atoms with van der Waals surface area (Å²) in [5.74, 6) is -0.989. The third kappa shape index (κ3) is 8.31. The first-order chi connectivity index (χ1) is 21.3. The molecule has 5 rings (SSSR count). The molecule has 2 aliphatic rings. The SMILES string of the molecule is CC1C(CN2CCC(O)C2)OC(c2ccc(-c3cccc(CNC(=O)CCCC(=O)O)c3)cc2)OC1c1ccc(CO)cc1. The van der Waals surface area contributed by atoms with E-state index in [1.165, 1.54) is 0 Å². The topological polar surface area (TPSA) is 129 Å². The molecule has 0 aliphatic carbocycles. The molecule has 2 fully saturated rings. The maximum absolute atomic E-state index is 12.1. The molecule has 2 aliphatic heterocycles. The van der Waals surface area contributed by atoms with E-state index in [0.717, 1.165) is 46.3 Å². The molecule has 0 saturated carbocycles. The Kier molecular flexibility index (Phi) is 10.8. The fourth-order valence-electron chi connectivity index (χ4n) is 5.94. The zero-order valence-corrected chi connectivity index (χ0v) is 25.1. The fourth-order valence-corrected chi connectivity index (χ4v) is 5.94. The van der Waals surface area contributed by atoms with Gasteiger partial charge in [0, 0.05) is 50.5 Å². The van der Waals surface area contributed by atoms with Crippen molar-refractivity contribution in [2.45, 2.75) is 70.4 Å². The van der Waals surface area contributed by atoms with Gasteiger partial charge in [0.25, 0.3) is 0 Å². The molecule has 1 amide bonds. The van der Waals surface area contributed by atoms with Crippen LogP contribution in [0, 0.1) is 5.92 Å². The Bertz CT molecular complexity index is 1390. The number of nitrogens with zero attached hydrogens (tertiary/aromatic N) is 1. The molecule has 9 heteroatoms. The van der Waals surface area contributed by atoms with Crippen LogP contribution in [0.5, 0.6) is 0 Å². The van der Waals surface area contributed by atoms with Crippen molar-refractivity contribution in [3.63, 3.8) is 0 Å². The van der Waals surface area contributed by atoms with E-state index in [2.05, 4.69) is 17.1 Å². The van der Waals surface area contributed by atoms with Crippen LogP contribution in [0.4, 0.5) is 0 Å². The number of benzene rings is 3. The summed E-state index contributed by atoms with van der Waals surface area (Å²) >= 11 is 0. The largest absolute Gasteiger partial charge is 0.481 e. The fraction of sp³-hybridized carbons (Fsp3) is 0.429. The standard InChI is InChI=1S/C35H42N2O7/c1-23-31(21-37-17-16-30(39)20-37)43-35(44-34(23)27-10-8-24(22-38)9-11-27)28-14-12-26(13-15-28)29-5-2-4-25(18-29)19-36-32(40)6-3-7-33(41)42/h2,4-5,8-15,18,23,30-31,34-35,38-39H,3,6-7,16-17,19-22H2,1H3,(H,36,40)(H,41,42). The normalized spacial score (nSPS) is 23.8. The van der Waals surface area contributed by atoms with Crippen LogP contribution in [-0.2, 0) is 32.2 Å². The van der Waals surface area contributed by atoms with Crippen LogP contribution >= 0.6 is 0 Å². The molecule has 4 N–H and O–H groups in total. The number of carbonyl (C=O) groups is 2. The molecule has 5 atom stereocenters. The number of carbonyl (C=O) groups excluding carboxylic acids is 1. The molecule has 2 heterocycles. The number of carboxylic acids is 1. The van der Waals surface area contributed by atoms with Gasteiger partial charge in [-0.2, -0.15) is 0 Å². The third-order valence-electron chi connectivity index (χ3n) is 8.54. The van der Waals surface area contributed by atoms with Crippen molar-refractivity contribution in [3.8, 4) is 11.1 Å². The summed E-state index contributed by atoms with van der Waals surface area (Å²) in [7, 11) is 0. The Balaban J connectivity index is 1.28. The third-order valence-corrected chi connectivity index (χ3v) is 8.54. The number of aliphatic hydroxyl groups is 2. The lowest BCUT2D eigenvalue weighted by Gasteiger charge is -2.42. The number of rotatable bonds is 12. The Morgan fingerprint density at radius 3 is 2.36 bits per heavy atom. The number of nitrogens with one attached hydrogen (secondary N) is 1. The Morgan fingerprint density at radius 1 is 0.932 bits per heavy atom. The number of ether oxygens (including phenoxy) is 2. The molecule has 3 aromatic carbocycles. The Morgan fingerprint density at radius 2 is 1.68 bits per heavy atom. The molecule has 3 aromatic rings. The highest BCUT2D eigenvalue weighted by atomic mass is 16.7. The van der Waals surface area contributed by atoms with Crippen molar-refractivity contribution in [1.29, 1.82) is 0 Å². The van der Waals surface area contributed by atoms with E-state index in [4.69, 9.17) is 14.6 Å². The highest BCUT2D eigenvalue weighted by Gasteiger charge is 2.39. The molecule has 234 valence electrons. The van der Waals surface area contributed by atoms with E-state index in [1.807, 2.05) is 72.8 Å². The van der Waals surface area contributed by atoms with Gasteiger partial charge >= 0.3 is 5.97 Å².